The summed E-state index contributed by atoms with van der Waals surface area (Å²) in [5.41, 5.74) is 1.08. The Kier molecular flexibility index (Phi) is 3.44. The molecule has 2 bridgehead atoms. The third-order valence-corrected chi connectivity index (χ3v) is 4.72. The van der Waals surface area contributed by atoms with E-state index in [1.807, 2.05) is 12.1 Å². The Labute approximate surface area is 114 Å². The lowest BCUT2D eigenvalue weighted by atomic mass is 9.91. The highest BCUT2D eigenvalue weighted by atomic mass is 35.5. The minimum atomic E-state index is 0.559. The number of nitrogens with one attached hydrogen (secondary N) is 1. The largest absolute Gasteiger partial charge is 0.385 e. The smallest absolute Gasteiger partial charge is 0.131 e. The van der Waals surface area contributed by atoms with E-state index in [1.54, 1.807) is 6.20 Å². The summed E-state index contributed by atoms with van der Waals surface area (Å²) in [5, 5.41) is 4.05. The van der Waals surface area contributed by atoms with Crippen LogP contribution >= 0.6 is 11.6 Å². The van der Waals surface area contributed by atoms with Crippen LogP contribution in [0.4, 0.5) is 5.69 Å². The van der Waals surface area contributed by atoms with Gasteiger partial charge in [0.15, 0.2) is 0 Å². The summed E-state index contributed by atoms with van der Waals surface area (Å²) < 4.78 is 0. The molecule has 0 aromatic carbocycles. The fraction of sp³-hybridized carbons (Fsp3) is 0.643. The second kappa shape index (κ2) is 5.06. The van der Waals surface area contributed by atoms with Crippen molar-refractivity contribution >= 4 is 17.3 Å². The monoisotopic (exact) mass is 265 g/mol. The molecule has 4 heteroatoms. The second-order valence-electron chi connectivity index (χ2n) is 5.64. The minimum Gasteiger partial charge on any atom is -0.385 e. The van der Waals surface area contributed by atoms with Crippen LogP contribution in [0.2, 0.25) is 5.15 Å². The van der Waals surface area contributed by atoms with Crippen LogP contribution in [-0.4, -0.2) is 35.6 Å². The van der Waals surface area contributed by atoms with Gasteiger partial charge in [0.1, 0.15) is 5.15 Å². The molecule has 98 valence electrons. The van der Waals surface area contributed by atoms with Crippen LogP contribution in [0.3, 0.4) is 0 Å². The highest BCUT2D eigenvalue weighted by Crippen LogP contribution is 2.37. The number of anilines is 1. The maximum Gasteiger partial charge on any atom is 0.131 e. The highest BCUT2D eigenvalue weighted by molar-refractivity contribution is 6.29. The Balaban J connectivity index is 1.55. The van der Waals surface area contributed by atoms with E-state index in [-0.39, 0.29) is 0 Å². The molecule has 2 atom stereocenters. The Morgan fingerprint density at radius 2 is 2.11 bits per heavy atom. The molecule has 0 aliphatic carbocycles. The van der Waals surface area contributed by atoms with Gasteiger partial charge in [-0.05, 0) is 50.8 Å². The summed E-state index contributed by atoms with van der Waals surface area (Å²) in [7, 11) is 2.29. The van der Waals surface area contributed by atoms with Gasteiger partial charge in [0.2, 0.25) is 0 Å². The van der Waals surface area contributed by atoms with Crippen molar-refractivity contribution in [2.24, 2.45) is 5.92 Å². The standard InChI is InChI=1S/C14H20ClN3/c1-18-12-2-3-13(18)7-10(6-12)9-17-11-4-5-16-14(15)8-11/h4-5,8,10,12-13H,2-3,6-7,9H2,1H3,(H,16,17). The SMILES string of the molecule is CN1C2CCC1CC(CNc1ccnc(Cl)c1)C2. The average molecular weight is 266 g/mol. The summed E-state index contributed by atoms with van der Waals surface area (Å²) >= 11 is 5.88. The van der Waals surface area contributed by atoms with E-state index in [9.17, 15) is 0 Å². The molecular formula is C14H20ClN3. The number of hydrogen-bond donors (Lipinski definition) is 1. The van der Waals surface area contributed by atoms with Gasteiger partial charge in [-0.3, -0.25) is 0 Å². The molecule has 2 fully saturated rings. The number of hydrogen-bond acceptors (Lipinski definition) is 3. The first-order chi connectivity index (χ1) is 8.72. The van der Waals surface area contributed by atoms with Gasteiger partial charge >= 0.3 is 0 Å². The molecule has 0 radical (unpaired) electrons. The Morgan fingerprint density at radius 1 is 1.39 bits per heavy atom. The molecule has 18 heavy (non-hydrogen) atoms. The Bertz CT molecular complexity index is 409. The second-order valence-corrected chi connectivity index (χ2v) is 6.02. The van der Waals surface area contributed by atoms with Crippen molar-refractivity contribution in [3.63, 3.8) is 0 Å². The Hall–Kier alpha value is -0.800. The van der Waals surface area contributed by atoms with Gasteiger partial charge < -0.3 is 10.2 Å². The molecular weight excluding hydrogens is 246 g/mol. The summed E-state index contributed by atoms with van der Waals surface area (Å²) in [6.07, 6.45) is 7.19. The topological polar surface area (TPSA) is 28.2 Å². The van der Waals surface area contributed by atoms with E-state index < -0.39 is 0 Å². The third-order valence-electron chi connectivity index (χ3n) is 4.52. The predicted molar refractivity (Wildman–Crippen MR) is 75.0 cm³/mol. The fourth-order valence-electron chi connectivity index (χ4n) is 3.47. The molecule has 2 aliphatic rings. The van der Waals surface area contributed by atoms with Crippen LogP contribution in [0.1, 0.15) is 25.7 Å². The van der Waals surface area contributed by atoms with Crippen molar-refractivity contribution in [1.29, 1.82) is 0 Å². The molecule has 1 aromatic heterocycles. The average Bonchev–Trinajstić information content (AvgIpc) is 2.60. The van der Waals surface area contributed by atoms with Gasteiger partial charge in [0, 0.05) is 30.5 Å². The molecule has 3 rings (SSSR count). The van der Waals surface area contributed by atoms with Crippen LogP contribution in [0.5, 0.6) is 0 Å². The van der Waals surface area contributed by atoms with Crippen LogP contribution in [0.15, 0.2) is 18.3 Å². The van der Waals surface area contributed by atoms with Crippen molar-refractivity contribution < 1.29 is 0 Å². The normalized spacial score (nSPS) is 31.6. The van der Waals surface area contributed by atoms with Gasteiger partial charge in [-0.25, -0.2) is 4.98 Å². The van der Waals surface area contributed by atoms with Crippen molar-refractivity contribution in [1.82, 2.24) is 9.88 Å². The number of fused-ring (bicyclic) bond motifs is 2. The van der Waals surface area contributed by atoms with Gasteiger partial charge in [0.05, 0.1) is 0 Å². The van der Waals surface area contributed by atoms with Crippen LogP contribution in [-0.2, 0) is 0 Å². The van der Waals surface area contributed by atoms with E-state index in [4.69, 9.17) is 11.6 Å². The quantitative estimate of drug-likeness (QED) is 0.852. The van der Waals surface area contributed by atoms with Crippen LogP contribution < -0.4 is 5.32 Å². The summed E-state index contributed by atoms with van der Waals surface area (Å²) in [6, 6.07) is 5.51. The van der Waals surface area contributed by atoms with Crippen molar-refractivity contribution in [3.8, 4) is 0 Å². The van der Waals surface area contributed by atoms with E-state index in [1.165, 1.54) is 25.7 Å². The molecule has 1 aromatic rings. The van der Waals surface area contributed by atoms with Gasteiger partial charge in [-0.1, -0.05) is 11.6 Å². The van der Waals surface area contributed by atoms with Crippen molar-refractivity contribution in [3.05, 3.63) is 23.5 Å². The fourth-order valence-corrected chi connectivity index (χ4v) is 3.64. The molecule has 2 saturated heterocycles. The van der Waals surface area contributed by atoms with Crippen molar-refractivity contribution in [2.75, 3.05) is 18.9 Å². The van der Waals surface area contributed by atoms with E-state index in [2.05, 4.69) is 22.2 Å². The first-order valence-corrected chi connectivity index (χ1v) is 7.17. The summed E-state index contributed by atoms with van der Waals surface area (Å²) in [5.74, 6) is 0.797. The van der Waals surface area contributed by atoms with Crippen molar-refractivity contribution in [2.45, 2.75) is 37.8 Å². The van der Waals surface area contributed by atoms with Gasteiger partial charge in [0.25, 0.3) is 0 Å². The number of piperidine rings is 1. The number of nitrogens with zero attached hydrogens (tertiary/aromatic N) is 2. The maximum absolute atomic E-state index is 5.88. The molecule has 3 nitrogen and oxygen atoms in total. The molecule has 3 heterocycles. The lowest BCUT2D eigenvalue weighted by molar-refractivity contribution is 0.139. The zero-order chi connectivity index (χ0) is 12.5. The highest BCUT2D eigenvalue weighted by Gasteiger charge is 2.37. The molecule has 2 aliphatic heterocycles. The molecule has 0 amide bonds. The first-order valence-electron chi connectivity index (χ1n) is 6.80. The van der Waals surface area contributed by atoms with E-state index in [0.717, 1.165) is 30.2 Å². The van der Waals surface area contributed by atoms with Crippen LogP contribution in [0.25, 0.3) is 0 Å². The molecule has 2 unspecified atom stereocenters. The maximum atomic E-state index is 5.88. The zero-order valence-electron chi connectivity index (χ0n) is 10.8. The third kappa shape index (κ3) is 2.47. The predicted octanol–water partition coefficient (Wildman–Crippen LogP) is 3.02. The number of halogens is 1. The summed E-state index contributed by atoms with van der Waals surface area (Å²) in [4.78, 5) is 6.58. The lowest BCUT2D eigenvalue weighted by Gasteiger charge is -2.36. The van der Waals surface area contributed by atoms with E-state index in [0.29, 0.717) is 5.15 Å². The van der Waals surface area contributed by atoms with Gasteiger partial charge in [-0.2, -0.15) is 0 Å². The lowest BCUT2D eigenvalue weighted by Crippen LogP contribution is -2.41. The van der Waals surface area contributed by atoms with Crippen LogP contribution in [0, 0.1) is 5.92 Å². The first kappa shape index (κ1) is 12.2. The summed E-state index contributed by atoms with van der Waals surface area (Å²) in [6.45, 7) is 1.06. The zero-order valence-corrected chi connectivity index (χ0v) is 11.5. The molecule has 0 saturated carbocycles. The van der Waals surface area contributed by atoms with E-state index >= 15 is 0 Å². The number of aromatic nitrogens is 1. The Morgan fingerprint density at radius 3 is 2.78 bits per heavy atom. The minimum absolute atomic E-state index is 0.559. The molecule has 1 N–H and O–H groups in total. The number of pyridine rings is 1. The molecule has 0 spiro atoms. The van der Waals surface area contributed by atoms with Gasteiger partial charge in [-0.15, -0.1) is 0 Å². The number of rotatable bonds is 3.